The first-order valence-electron chi connectivity index (χ1n) is 7.06. The highest BCUT2D eigenvalue weighted by atomic mass is 16.6. The SMILES string of the molecule is CCOC(=O)c1cc(O)nn1C(C)CNC(=O)OC(C)(C)C. The van der Waals surface area contributed by atoms with Gasteiger partial charge in [-0.25, -0.2) is 14.3 Å². The zero-order valence-electron chi connectivity index (χ0n) is 13.5. The number of amides is 1. The molecule has 1 unspecified atom stereocenters. The fourth-order valence-electron chi connectivity index (χ4n) is 1.71. The lowest BCUT2D eigenvalue weighted by Gasteiger charge is -2.21. The van der Waals surface area contributed by atoms with Gasteiger partial charge in [0.25, 0.3) is 0 Å². The average molecular weight is 313 g/mol. The number of alkyl carbamates (subject to hydrolysis) is 1. The Morgan fingerprint density at radius 3 is 2.64 bits per heavy atom. The summed E-state index contributed by atoms with van der Waals surface area (Å²) in [6, 6.07) is 0.856. The van der Waals surface area contributed by atoms with Crippen molar-refractivity contribution in [2.75, 3.05) is 13.2 Å². The van der Waals surface area contributed by atoms with Gasteiger partial charge in [-0.3, -0.25) is 0 Å². The standard InChI is InChI=1S/C14H23N3O5/c1-6-21-12(19)10-7-11(18)16-17(10)9(2)8-15-13(20)22-14(3,4)5/h7,9H,6,8H2,1-5H3,(H,15,20)(H,16,18). The minimum absolute atomic E-state index is 0.123. The van der Waals surface area contributed by atoms with Crippen LogP contribution in [0.4, 0.5) is 4.79 Å². The maximum Gasteiger partial charge on any atom is 0.407 e. The van der Waals surface area contributed by atoms with E-state index in [4.69, 9.17) is 9.47 Å². The first-order chi connectivity index (χ1) is 10.1. The Kier molecular flexibility index (Phi) is 5.78. The summed E-state index contributed by atoms with van der Waals surface area (Å²) in [7, 11) is 0. The molecule has 0 aliphatic carbocycles. The Bertz CT molecular complexity index is 533. The summed E-state index contributed by atoms with van der Waals surface area (Å²) < 4.78 is 11.3. The van der Waals surface area contributed by atoms with Gasteiger partial charge in [0.15, 0.2) is 5.69 Å². The molecule has 0 spiro atoms. The predicted octanol–water partition coefficient (Wildman–Crippen LogP) is 1.85. The van der Waals surface area contributed by atoms with Gasteiger partial charge < -0.3 is 19.9 Å². The summed E-state index contributed by atoms with van der Waals surface area (Å²) in [4.78, 5) is 23.4. The van der Waals surface area contributed by atoms with E-state index in [2.05, 4.69) is 10.4 Å². The lowest BCUT2D eigenvalue weighted by molar-refractivity contribution is 0.0508. The third-order valence-corrected chi connectivity index (χ3v) is 2.57. The maximum atomic E-state index is 11.8. The van der Waals surface area contributed by atoms with Gasteiger partial charge in [-0.15, -0.1) is 5.10 Å². The van der Waals surface area contributed by atoms with Crippen LogP contribution in [0.15, 0.2) is 6.07 Å². The molecule has 0 saturated heterocycles. The Morgan fingerprint density at radius 1 is 1.45 bits per heavy atom. The number of ether oxygens (including phenoxy) is 2. The molecule has 22 heavy (non-hydrogen) atoms. The van der Waals surface area contributed by atoms with Crippen LogP contribution in [0.2, 0.25) is 0 Å². The van der Waals surface area contributed by atoms with Gasteiger partial charge in [0, 0.05) is 12.6 Å². The van der Waals surface area contributed by atoms with E-state index in [0.29, 0.717) is 0 Å². The van der Waals surface area contributed by atoms with Crippen molar-refractivity contribution in [2.45, 2.75) is 46.3 Å². The molecule has 1 rings (SSSR count). The van der Waals surface area contributed by atoms with Crippen molar-refractivity contribution in [1.29, 1.82) is 0 Å². The number of nitrogens with one attached hydrogen (secondary N) is 1. The second kappa shape index (κ2) is 7.15. The number of hydrogen-bond acceptors (Lipinski definition) is 6. The molecule has 1 heterocycles. The first kappa shape index (κ1) is 17.8. The Balaban J connectivity index is 2.71. The van der Waals surface area contributed by atoms with E-state index in [-0.39, 0.29) is 30.8 Å². The molecule has 0 bridgehead atoms. The van der Waals surface area contributed by atoms with Crippen molar-refractivity contribution in [3.05, 3.63) is 11.8 Å². The lowest BCUT2D eigenvalue weighted by atomic mass is 10.2. The number of esters is 1. The fourth-order valence-corrected chi connectivity index (χ4v) is 1.71. The predicted molar refractivity (Wildman–Crippen MR) is 78.8 cm³/mol. The summed E-state index contributed by atoms with van der Waals surface area (Å²) in [6.45, 7) is 9.12. The normalized spacial score (nSPS) is 12.6. The molecule has 0 fully saturated rings. The van der Waals surface area contributed by atoms with Crippen LogP contribution >= 0.6 is 0 Å². The maximum absolute atomic E-state index is 11.8. The Labute approximate surface area is 129 Å². The average Bonchev–Trinajstić information content (AvgIpc) is 2.76. The molecule has 1 amide bonds. The van der Waals surface area contributed by atoms with Gasteiger partial charge in [0.05, 0.1) is 12.6 Å². The minimum atomic E-state index is -0.590. The van der Waals surface area contributed by atoms with Gasteiger partial charge >= 0.3 is 12.1 Å². The largest absolute Gasteiger partial charge is 0.492 e. The van der Waals surface area contributed by atoms with Gasteiger partial charge in [0.2, 0.25) is 5.88 Å². The zero-order valence-corrected chi connectivity index (χ0v) is 13.5. The highest BCUT2D eigenvalue weighted by Crippen LogP contribution is 2.16. The third kappa shape index (κ3) is 5.27. The number of nitrogens with zero attached hydrogens (tertiary/aromatic N) is 2. The molecule has 0 aliphatic heterocycles. The van der Waals surface area contributed by atoms with Crippen LogP contribution < -0.4 is 5.32 Å². The van der Waals surface area contributed by atoms with Gasteiger partial charge in [0.1, 0.15) is 5.60 Å². The zero-order chi connectivity index (χ0) is 16.9. The lowest BCUT2D eigenvalue weighted by Crippen LogP contribution is -2.36. The second-order valence-electron chi connectivity index (χ2n) is 5.78. The number of aromatic nitrogens is 2. The number of aromatic hydroxyl groups is 1. The van der Waals surface area contributed by atoms with Crippen LogP contribution in [-0.2, 0) is 9.47 Å². The van der Waals surface area contributed by atoms with Crippen molar-refractivity contribution in [1.82, 2.24) is 15.1 Å². The summed E-state index contributed by atoms with van der Waals surface area (Å²) >= 11 is 0. The number of carbonyl (C=O) groups excluding carboxylic acids is 2. The van der Waals surface area contributed by atoms with Gasteiger partial charge in [-0.2, -0.15) is 0 Å². The highest BCUT2D eigenvalue weighted by molar-refractivity contribution is 5.88. The van der Waals surface area contributed by atoms with Crippen LogP contribution in [-0.4, -0.2) is 45.7 Å². The van der Waals surface area contributed by atoms with Gasteiger partial charge in [-0.1, -0.05) is 0 Å². The van der Waals surface area contributed by atoms with E-state index >= 15 is 0 Å². The van der Waals surface area contributed by atoms with Crippen LogP contribution in [0.25, 0.3) is 0 Å². The molecule has 0 saturated carbocycles. The molecule has 8 heteroatoms. The molecule has 1 aromatic heterocycles. The number of rotatable bonds is 5. The Hall–Kier alpha value is -2.25. The topological polar surface area (TPSA) is 103 Å². The molecule has 1 atom stereocenters. The summed E-state index contributed by atoms with van der Waals surface area (Å²) in [6.07, 6.45) is -0.562. The molecule has 0 aromatic carbocycles. The van der Waals surface area contributed by atoms with Crippen LogP contribution in [0.3, 0.4) is 0 Å². The van der Waals surface area contributed by atoms with Crippen molar-refractivity contribution >= 4 is 12.1 Å². The van der Waals surface area contributed by atoms with E-state index in [1.54, 1.807) is 34.6 Å². The molecular formula is C14H23N3O5. The molecule has 1 aromatic rings. The minimum Gasteiger partial charge on any atom is -0.492 e. The number of hydrogen-bond donors (Lipinski definition) is 2. The monoisotopic (exact) mass is 313 g/mol. The van der Waals surface area contributed by atoms with Crippen molar-refractivity contribution in [3.63, 3.8) is 0 Å². The van der Waals surface area contributed by atoms with E-state index < -0.39 is 17.7 Å². The fraction of sp³-hybridized carbons (Fsp3) is 0.643. The summed E-state index contributed by atoms with van der Waals surface area (Å²) in [5.74, 6) is -0.869. The second-order valence-corrected chi connectivity index (χ2v) is 5.78. The van der Waals surface area contributed by atoms with E-state index in [9.17, 15) is 14.7 Å². The Morgan fingerprint density at radius 2 is 2.09 bits per heavy atom. The molecule has 8 nitrogen and oxygen atoms in total. The van der Waals surface area contributed by atoms with E-state index in [1.807, 2.05) is 0 Å². The van der Waals surface area contributed by atoms with Crippen LogP contribution in [0.1, 0.15) is 51.1 Å². The molecule has 0 radical (unpaired) electrons. The van der Waals surface area contributed by atoms with E-state index in [0.717, 1.165) is 0 Å². The van der Waals surface area contributed by atoms with Crippen molar-refractivity contribution in [2.24, 2.45) is 0 Å². The van der Waals surface area contributed by atoms with Crippen LogP contribution in [0, 0.1) is 0 Å². The van der Waals surface area contributed by atoms with Gasteiger partial charge in [-0.05, 0) is 34.6 Å². The quantitative estimate of drug-likeness (QED) is 0.804. The molecule has 0 aliphatic rings. The van der Waals surface area contributed by atoms with Crippen molar-refractivity contribution < 1.29 is 24.2 Å². The summed E-state index contributed by atoms with van der Waals surface area (Å²) in [5.41, 5.74) is -0.467. The first-order valence-corrected chi connectivity index (χ1v) is 7.06. The molecule has 124 valence electrons. The van der Waals surface area contributed by atoms with Crippen molar-refractivity contribution in [3.8, 4) is 5.88 Å². The number of carbonyl (C=O) groups is 2. The summed E-state index contributed by atoms with van der Waals surface area (Å²) in [5, 5.41) is 15.9. The highest BCUT2D eigenvalue weighted by Gasteiger charge is 2.21. The van der Waals surface area contributed by atoms with Crippen LogP contribution in [0.5, 0.6) is 5.88 Å². The van der Waals surface area contributed by atoms with E-state index in [1.165, 1.54) is 10.7 Å². The third-order valence-electron chi connectivity index (χ3n) is 2.57. The molecular weight excluding hydrogens is 290 g/mol. The smallest absolute Gasteiger partial charge is 0.407 e. The molecule has 2 N–H and O–H groups in total.